The normalized spacial score (nSPS) is 19.4. The maximum atomic E-state index is 16.2. The van der Waals surface area contributed by atoms with Crippen LogP contribution in [0.15, 0.2) is 97.3 Å². The molecule has 44 heavy (non-hydrogen) atoms. The number of anilines is 1. The Hall–Kier alpha value is -5.56. The van der Waals surface area contributed by atoms with E-state index in [0.717, 1.165) is 10.9 Å². The summed E-state index contributed by atoms with van der Waals surface area (Å²) >= 11 is 0. The summed E-state index contributed by atoms with van der Waals surface area (Å²) < 4.78 is 48.7. The van der Waals surface area contributed by atoms with Gasteiger partial charge in [-0.3, -0.25) is 9.36 Å². The number of nitrogens with one attached hydrogen (secondary N) is 1. The van der Waals surface area contributed by atoms with Gasteiger partial charge in [0.25, 0.3) is 5.91 Å². The molecule has 3 heterocycles. The monoisotopic (exact) mass is 599 g/mol. The Kier molecular flexibility index (Phi) is 8.02. The molecule has 4 atom stereocenters. The summed E-state index contributed by atoms with van der Waals surface area (Å²) in [5.41, 5.74) is 0.490. The molecule has 1 aliphatic rings. The first-order valence-corrected chi connectivity index (χ1v) is 13.4. The van der Waals surface area contributed by atoms with Crippen LogP contribution < -0.4 is 5.32 Å². The van der Waals surface area contributed by atoms with Gasteiger partial charge in [-0.05, 0) is 36.4 Å². The van der Waals surface area contributed by atoms with Crippen molar-refractivity contribution >= 4 is 34.8 Å². The van der Waals surface area contributed by atoms with Crippen molar-refractivity contribution in [3.05, 3.63) is 120 Å². The summed E-state index contributed by atoms with van der Waals surface area (Å²) in [5.74, 6) is -2.33. The number of alkyl halides is 1. The van der Waals surface area contributed by atoms with Crippen LogP contribution in [0.25, 0.3) is 11.2 Å². The number of amides is 1. The third kappa shape index (κ3) is 5.85. The number of carbonyl (C=O) groups excluding carboxylic acids is 3. The molecule has 6 rings (SSSR count). The maximum absolute atomic E-state index is 16.2. The van der Waals surface area contributed by atoms with Gasteiger partial charge in [-0.25, -0.2) is 19.0 Å². The molecule has 1 amide bonds. The first-order chi connectivity index (χ1) is 21.4. The molecule has 222 valence electrons. The van der Waals surface area contributed by atoms with Gasteiger partial charge < -0.3 is 19.5 Å². The average molecular weight is 600 g/mol. The van der Waals surface area contributed by atoms with E-state index in [1.165, 1.54) is 12.1 Å². The van der Waals surface area contributed by atoms with Crippen molar-refractivity contribution in [2.45, 2.75) is 24.6 Å². The van der Waals surface area contributed by atoms with Gasteiger partial charge in [0.15, 0.2) is 35.5 Å². The van der Waals surface area contributed by atoms with E-state index in [9.17, 15) is 18.8 Å². The molecule has 13 heteroatoms. The summed E-state index contributed by atoms with van der Waals surface area (Å²) in [6, 6.07) is 24.3. The van der Waals surface area contributed by atoms with Crippen molar-refractivity contribution in [1.82, 2.24) is 19.5 Å². The molecule has 11 nitrogen and oxygen atoms in total. The van der Waals surface area contributed by atoms with Gasteiger partial charge in [0.2, 0.25) is 0 Å². The molecule has 0 radical (unpaired) electrons. The van der Waals surface area contributed by atoms with Crippen LogP contribution in [0.5, 0.6) is 0 Å². The number of rotatable bonds is 8. The maximum Gasteiger partial charge on any atom is 0.338 e. The van der Waals surface area contributed by atoms with E-state index >= 15 is 4.39 Å². The molecule has 2 aromatic heterocycles. The molecule has 1 fully saturated rings. The minimum absolute atomic E-state index is 0.0386. The smallest absolute Gasteiger partial charge is 0.338 e. The summed E-state index contributed by atoms with van der Waals surface area (Å²) in [6.45, 7) is -0.467. The van der Waals surface area contributed by atoms with E-state index in [1.54, 1.807) is 78.9 Å². The summed E-state index contributed by atoms with van der Waals surface area (Å²) in [7, 11) is 0. The molecule has 5 aromatic rings. The number of aromatic nitrogens is 4. The minimum atomic E-state index is -2.03. The highest BCUT2D eigenvalue weighted by atomic mass is 19.1. The second-order valence-electron chi connectivity index (χ2n) is 9.70. The van der Waals surface area contributed by atoms with Gasteiger partial charge in [0.1, 0.15) is 12.7 Å². The van der Waals surface area contributed by atoms with Crippen molar-refractivity contribution in [2.75, 3.05) is 11.9 Å². The van der Waals surface area contributed by atoms with E-state index in [4.69, 9.17) is 14.2 Å². The lowest BCUT2D eigenvalue weighted by Crippen LogP contribution is -2.37. The third-order valence-electron chi connectivity index (χ3n) is 6.84. The van der Waals surface area contributed by atoms with Gasteiger partial charge in [0.05, 0.1) is 17.5 Å². The lowest BCUT2D eigenvalue weighted by atomic mass is 10.1. The Morgan fingerprint density at radius 1 is 0.841 bits per heavy atom. The fourth-order valence-electron chi connectivity index (χ4n) is 4.71. The number of ether oxygens (including phenoxy) is 3. The fraction of sp³-hybridized carbons (Fsp3) is 0.161. The molecule has 1 aliphatic heterocycles. The molecule has 0 spiro atoms. The molecular formula is C31H23F2N5O6. The van der Waals surface area contributed by atoms with Crippen LogP contribution in [0.4, 0.5) is 14.6 Å². The highest BCUT2D eigenvalue weighted by molar-refractivity contribution is 6.06. The van der Waals surface area contributed by atoms with Crippen LogP contribution in [-0.2, 0) is 14.2 Å². The molecule has 0 unspecified atom stereocenters. The Morgan fingerprint density at radius 3 is 2.07 bits per heavy atom. The number of halogens is 2. The minimum Gasteiger partial charge on any atom is -0.459 e. The molecule has 3 aromatic carbocycles. The van der Waals surface area contributed by atoms with E-state index < -0.39 is 55.1 Å². The van der Waals surface area contributed by atoms with Gasteiger partial charge >= 0.3 is 18.0 Å². The lowest BCUT2D eigenvalue weighted by Gasteiger charge is -2.19. The molecule has 1 saturated heterocycles. The van der Waals surface area contributed by atoms with Gasteiger partial charge in [-0.1, -0.05) is 54.6 Å². The number of hydrogen-bond donors (Lipinski definition) is 1. The molecule has 0 saturated carbocycles. The van der Waals surface area contributed by atoms with Crippen LogP contribution in [0.3, 0.4) is 0 Å². The molecule has 0 bridgehead atoms. The largest absolute Gasteiger partial charge is 0.459 e. The number of imidazole rings is 1. The molecule has 0 aliphatic carbocycles. The second kappa shape index (κ2) is 12.4. The third-order valence-corrected chi connectivity index (χ3v) is 6.84. The molecule has 1 N–H and O–H groups in total. The van der Waals surface area contributed by atoms with Crippen molar-refractivity contribution in [3.63, 3.8) is 0 Å². The zero-order valence-corrected chi connectivity index (χ0v) is 22.7. The predicted octanol–water partition coefficient (Wildman–Crippen LogP) is 4.54. The Morgan fingerprint density at radius 2 is 1.43 bits per heavy atom. The number of benzene rings is 3. The highest BCUT2D eigenvalue weighted by Gasteiger charge is 2.50. The molecular weight excluding hydrogens is 576 g/mol. The summed E-state index contributed by atoms with van der Waals surface area (Å²) in [4.78, 5) is 49.8. The number of nitrogens with zero attached hydrogens (tertiary/aromatic N) is 4. The standard InChI is InChI=1S/C31H23F2N5O6/c32-22-24(44-30(41)20-14-8-3-9-15-20)21(16-42-29(40)19-12-6-2-7-13-19)43-28(22)38-17-34-23-25(36-31(33)37-26(23)38)35-27(39)18-10-4-1-5-11-18/h1-15,17,21-22,24,28H,16H2,(H,35,36,37,39)/t21-,22+,24-,28-/m1/s1. The summed E-state index contributed by atoms with van der Waals surface area (Å²) in [5, 5.41) is 2.50. The van der Waals surface area contributed by atoms with Crippen molar-refractivity contribution < 1.29 is 37.4 Å². The SMILES string of the molecule is O=C(Nc1nc(F)nc2c1ncn2[C@@H]1O[C@H](COC(=O)c2ccccc2)[C@@H](OC(=O)c2ccccc2)[C@@H]1F)c1ccccc1. The van der Waals surface area contributed by atoms with Crippen molar-refractivity contribution in [3.8, 4) is 0 Å². The van der Waals surface area contributed by atoms with Crippen LogP contribution in [0.2, 0.25) is 0 Å². The Bertz CT molecular complexity index is 1810. The Balaban J connectivity index is 1.28. The zero-order chi connectivity index (χ0) is 30.6. The van der Waals surface area contributed by atoms with E-state index in [-0.39, 0.29) is 33.7 Å². The first kappa shape index (κ1) is 28.6. The zero-order valence-electron chi connectivity index (χ0n) is 22.7. The van der Waals surface area contributed by atoms with Gasteiger partial charge in [0, 0.05) is 5.56 Å². The fourth-order valence-corrected chi connectivity index (χ4v) is 4.71. The first-order valence-electron chi connectivity index (χ1n) is 13.4. The van der Waals surface area contributed by atoms with Crippen molar-refractivity contribution in [1.29, 1.82) is 0 Å². The number of carbonyl (C=O) groups is 3. The van der Waals surface area contributed by atoms with Crippen LogP contribution in [0, 0.1) is 6.08 Å². The van der Waals surface area contributed by atoms with Gasteiger partial charge in [-0.15, -0.1) is 0 Å². The van der Waals surface area contributed by atoms with Gasteiger partial charge in [-0.2, -0.15) is 14.4 Å². The second-order valence-corrected chi connectivity index (χ2v) is 9.70. The van der Waals surface area contributed by atoms with Crippen molar-refractivity contribution in [2.24, 2.45) is 0 Å². The topological polar surface area (TPSA) is 135 Å². The number of fused-ring (bicyclic) bond motifs is 1. The van der Waals surface area contributed by atoms with Crippen LogP contribution in [0.1, 0.15) is 37.3 Å². The van der Waals surface area contributed by atoms with Crippen LogP contribution in [-0.4, -0.2) is 62.4 Å². The number of esters is 2. The van der Waals surface area contributed by atoms with E-state index in [2.05, 4.69) is 20.3 Å². The highest BCUT2D eigenvalue weighted by Crippen LogP contribution is 2.37. The average Bonchev–Trinajstić information content (AvgIpc) is 3.61. The predicted molar refractivity (Wildman–Crippen MR) is 151 cm³/mol. The number of hydrogen-bond acceptors (Lipinski definition) is 9. The van der Waals surface area contributed by atoms with E-state index in [1.807, 2.05) is 0 Å². The lowest BCUT2D eigenvalue weighted by molar-refractivity contribution is -0.0570. The van der Waals surface area contributed by atoms with E-state index in [0.29, 0.717) is 0 Å². The quantitative estimate of drug-likeness (QED) is 0.202. The Labute approximate surface area is 248 Å². The van der Waals surface area contributed by atoms with Crippen LogP contribution >= 0.6 is 0 Å². The summed E-state index contributed by atoms with van der Waals surface area (Å²) in [6.07, 6.45) is -6.41.